The van der Waals surface area contributed by atoms with Gasteiger partial charge in [0, 0.05) is 17.2 Å². The summed E-state index contributed by atoms with van der Waals surface area (Å²) < 4.78 is 2.79. The zero-order valence-corrected chi connectivity index (χ0v) is 18.5. The zero-order chi connectivity index (χ0) is 24.5. The van der Waals surface area contributed by atoms with Crippen LogP contribution >= 0.6 is 0 Å². The molecule has 5 rings (SSSR count). The lowest BCUT2D eigenvalue weighted by Crippen LogP contribution is -2.27. The van der Waals surface area contributed by atoms with Crippen molar-refractivity contribution in [2.24, 2.45) is 0 Å². The van der Waals surface area contributed by atoms with Gasteiger partial charge in [-0.3, -0.25) is 14.9 Å². The van der Waals surface area contributed by atoms with Crippen LogP contribution in [0.5, 0.6) is 0 Å². The van der Waals surface area contributed by atoms with Gasteiger partial charge in [0.25, 0.3) is 11.6 Å². The highest BCUT2D eigenvalue weighted by atomic mass is 16.6. The number of hydrogen-bond donors (Lipinski definition) is 1. The number of nitro benzene ring substituents is 1. The number of anilines is 1. The highest BCUT2D eigenvalue weighted by Gasteiger charge is 2.21. The van der Waals surface area contributed by atoms with Crippen molar-refractivity contribution in [3.8, 4) is 11.4 Å². The highest BCUT2D eigenvalue weighted by Crippen LogP contribution is 2.26. The number of aryl methyl sites for hydroxylation is 1. The number of nitro groups is 1. The first-order valence-electron chi connectivity index (χ1n) is 10.6. The van der Waals surface area contributed by atoms with Crippen LogP contribution in [0.15, 0.2) is 89.9 Å². The van der Waals surface area contributed by atoms with Gasteiger partial charge in [0.1, 0.15) is 5.82 Å². The molecule has 3 aromatic carbocycles. The zero-order valence-electron chi connectivity index (χ0n) is 18.5. The number of aromatic nitrogens is 4. The Balaban J connectivity index is 1.70. The molecular weight excluding hydrogens is 448 g/mol. The smallest absolute Gasteiger partial charge is 0.307 e. The lowest BCUT2D eigenvalue weighted by molar-refractivity contribution is -0.385. The predicted octanol–water partition coefficient (Wildman–Crippen LogP) is 4.04. The molecule has 1 amide bonds. The molecule has 0 saturated heterocycles. The maximum Gasteiger partial charge on any atom is 0.355 e. The first kappa shape index (κ1) is 21.7. The van der Waals surface area contributed by atoms with E-state index in [0.717, 1.165) is 0 Å². The van der Waals surface area contributed by atoms with E-state index in [1.165, 1.54) is 33.6 Å². The number of nitrogens with zero attached hydrogens (tertiary/aromatic N) is 5. The summed E-state index contributed by atoms with van der Waals surface area (Å²) in [6.07, 6.45) is 1.52. The fourth-order valence-corrected chi connectivity index (χ4v) is 3.80. The quantitative estimate of drug-likeness (QED) is 0.308. The summed E-state index contributed by atoms with van der Waals surface area (Å²) in [6.45, 7) is 1.59. The Morgan fingerprint density at radius 3 is 2.29 bits per heavy atom. The van der Waals surface area contributed by atoms with Crippen molar-refractivity contribution >= 4 is 28.4 Å². The predicted molar refractivity (Wildman–Crippen MR) is 130 cm³/mol. The second-order valence-corrected chi connectivity index (χ2v) is 7.76. The molecule has 0 atom stereocenters. The van der Waals surface area contributed by atoms with Crippen molar-refractivity contribution in [3.05, 3.63) is 117 Å². The van der Waals surface area contributed by atoms with E-state index in [2.05, 4.69) is 15.4 Å². The second-order valence-electron chi connectivity index (χ2n) is 7.76. The Kier molecular flexibility index (Phi) is 5.38. The van der Waals surface area contributed by atoms with Gasteiger partial charge in [-0.05, 0) is 37.3 Å². The minimum absolute atomic E-state index is 0.0785. The Labute approximate surface area is 198 Å². The molecule has 10 nitrogen and oxygen atoms in total. The minimum atomic E-state index is -0.619. The molecule has 5 aromatic rings. The van der Waals surface area contributed by atoms with Crippen molar-refractivity contribution in [1.29, 1.82) is 0 Å². The molecule has 0 bridgehead atoms. The summed E-state index contributed by atoms with van der Waals surface area (Å²) in [6, 6.07) is 22.1. The lowest BCUT2D eigenvalue weighted by Gasteiger charge is -2.15. The number of fused-ring (bicyclic) bond motifs is 1. The fraction of sp³-hybridized carbons (Fsp3) is 0.0400. The number of rotatable bonds is 5. The van der Waals surface area contributed by atoms with Gasteiger partial charge in [-0.2, -0.15) is 10.1 Å². The van der Waals surface area contributed by atoms with E-state index >= 15 is 0 Å². The third kappa shape index (κ3) is 3.93. The molecule has 2 heterocycles. The standard InChI is InChI=1S/C25H18N6O4/c1-16-12-13-17(14-21(16)31(34)35)24(32)27-22-20-15-26-30(19-10-6-3-7-11-19)23(20)28-25(33)29(22)18-8-4-2-5-9-18/h2-15H,1H3,(H,27,32). The third-order valence-electron chi connectivity index (χ3n) is 5.53. The summed E-state index contributed by atoms with van der Waals surface area (Å²) >= 11 is 0. The maximum atomic E-state index is 13.2. The van der Waals surface area contributed by atoms with E-state index in [0.29, 0.717) is 22.3 Å². The Morgan fingerprint density at radius 1 is 0.971 bits per heavy atom. The molecule has 0 aliphatic carbocycles. The van der Waals surface area contributed by atoms with Gasteiger partial charge >= 0.3 is 5.69 Å². The number of carbonyl (C=O) groups excluding carboxylic acids is 1. The van der Waals surface area contributed by atoms with Crippen LogP contribution in [0.1, 0.15) is 15.9 Å². The molecule has 2 aromatic heterocycles. The Bertz CT molecular complexity index is 1640. The molecule has 0 fully saturated rings. The van der Waals surface area contributed by atoms with E-state index in [9.17, 15) is 19.7 Å². The molecule has 0 unspecified atom stereocenters. The van der Waals surface area contributed by atoms with Crippen LogP contribution in [0.2, 0.25) is 0 Å². The van der Waals surface area contributed by atoms with Gasteiger partial charge < -0.3 is 5.32 Å². The van der Waals surface area contributed by atoms with E-state index < -0.39 is 16.5 Å². The molecule has 1 N–H and O–H groups in total. The normalized spacial score (nSPS) is 10.9. The number of carbonyl (C=O) groups is 1. The molecule has 0 aliphatic rings. The molecule has 172 valence electrons. The van der Waals surface area contributed by atoms with Crippen molar-refractivity contribution in [1.82, 2.24) is 19.3 Å². The van der Waals surface area contributed by atoms with Gasteiger partial charge in [-0.15, -0.1) is 0 Å². The molecule has 10 heteroatoms. The Morgan fingerprint density at radius 2 is 1.63 bits per heavy atom. The first-order chi connectivity index (χ1) is 16.9. The SMILES string of the molecule is Cc1ccc(C(=O)Nc2c3cnn(-c4ccccc4)c3nc(=O)n2-c2ccccc2)cc1[N+](=O)[O-]. The van der Waals surface area contributed by atoms with E-state index in [1.54, 1.807) is 37.3 Å². The molecule has 0 saturated carbocycles. The van der Waals surface area contributed by atoms with Crippen molar-refractivity contribution < 1.29 is 9.72 Å². The lowest BCUT2D eigenvalue weighted by atomic mass is 10.1. The molecule has 0 spiro atoms. The maximum absolute atomic E-state index is 13.2. The van der Waals surface area contributed by atoms with E-state index in [4.69, 9.17) is 0 Å². The van der Waals surface area contributed by atoms with Gasteiger partial charge in [0.05, 0.1) is 27.9 Å². The number of amides is 1. The van der Waals surface area contributed by atoms with Crippen LogP contribution in [0, 0.1) is 17.0 Å². The van der Waals surface area contributed by atoms with Crippen LogP contribution in [0.25, 0.3) is 22.4 Å². The highest BCUT2D eigenvalue weighted by molar-refractivity contribution is 6.08. The van der Waals surface area contributed by atoms with Crippen LogP contribution in [0.4, 0.5) is 11.5 Å². The van der Waals surface area contributed by atoms with Crippen molar-refractivity contribution in [2.75, 3.05) is 5.32 Å². The molecular formula is C25H18N6O4. The average molecular weight is 466 g/mol. The second kappa shape index (κ2) is 8.67. The van der Waals surface area contributed by atoms with Crippen LogP contribution in [0.3, 0.4) is 0 Å². The molecule has 0 aliphatic heterocycles. The summed E-state index contributed by atoms with van der Waals surface area (Å²) in [7, 11) is 0. The third-order valence-corrected chi connectivity index (χ3v) is 5.53. The average Bonchev–Trinajstić information content (AvgIpc) is 3.29. The minimum Gasteiger partial charge on any atom is -0.307 e. The first-order valence-corrected chi connectivity index (χ1v) is 10.6. The van der Waals surface area contributed by atoms with Gasteiger partial charge in [0.15, 0.2) is 5.65 Å². The van der Waals surface area contributed by atoms with E-state index in [1.807, 2.05) is 30.3 Å². The van der Waals surface area contributed by atoms with E-state index in [-0.39, 0.29) is 22.7 Å². The van der Waals surface area contributed by atoms with Gasteiger partial charge in [0.2, 0.25) is 0 Å². The monoisotopic (exact) mass is 466 g/mol. The molecule has 0 radical (unpaired) electrons. The number of para-hydroxylation sites is 2. The van der Waals surface area contributed by atoms with Gasteiger partial charge in [-0.1, -0.05) is 42.5 Å². The Hall–Kier alpha value is -5.12. The van der Waals surface area contributed by atoms with Crippen LogP contribution < -0.4 is 11.0 Å². The topological polar surface area (TPSA) is 125 Å². The van der Waals surface area contributed by atoms with Crippen molar-refractivity contribution in [3.63, 3.8) is 0 Å². The van der Waals surface area contributed by atoms with Gasteiger partial charge in [-0.25, -0.2) is 14.0 Å². The fourth-order valence-electron chi connectivity index (χ4n) is 3.80. The summed E-state index contributed by atoms with van der Waals surface area (Å²) in [5.41, 5.74) is 1.17. The van der Waals surface area contributed by atoms with Crippen LogP contribution in [-0.4, -0.2) is 30.2 Å². The largest absolute Gasteiger partial charge is 0.355 e. The van der Waals surface area contributed by atoms with Crippen LogP contribution in [-0.2, 0) is 0 Å². The molecule has 35 heavy (non-hydrogen) atoms. The summed E-state index contributed by atoms with van der Waals surface area (Å²) in [5.74, 6) is -0.459. The number of hydrogen-bond acceptors (Lipinski definition) is 6. The van der Waals surface area contributed by atoms with Crippen molar-refractivity contribution in [2.45, 2.75) is 6.92 Å². The summed E-state index contributed by atoms with van der Waals surface area (Å²) in [5, 5.41) is 18.9. The number of nitrogens with one attached hydrogen (secondary N) is 1. The summed E-state index contributed by atoms with van der Waals surface area (Å²) in [4.78, 5) is 41.5. The number of benzene rings is 3.